The number of hydrogen-bond acceptors (Lipinski definition) is 12. The van der Waals surface area contributed by atoms with E-state index in [4.69, 9.17) is 20.4 Å². The van der Waals surface area contributed by atoms with Gasteiger partial charge < -0.3 is 40.1 Å². The fourth-order valence-corrected chi connectivity index (χ4v) is 2.04. The molecule has 0 aliphatic heterocycles. The van der Waals surface area contributed by atoms with Gasteiger partial charge in [-0.25, -0.2) is 9.59 Å². The number of carboxylic acids is 4. The first kappa shape index (κ1) is 36.6. The van der Waals surface area contributed by atoms with Crippen molar-refractivity contribution >= 4 is 107 Å². The summed E-state index contributed by atoms with van der Waals surface area (Å²) in [7, 11) is 0. The van der Waals surface area contributed by atoms with Gasteiger partial charge in [0.25, 0.3) is 0 Å². The van der Waals surface area contributed by atoms with Crippen LogP contribution in [0.2, 0.25) is 0 Å². The molecule has 0 aliphatic carbocycles. The van der Waals surface area contributed by atoms with Crippen molar-refractivity contribution in [2.45, 2.75) is 49.7 Å². The molecule has 0 aromatic carbocycles. The summed E-state index contributed by atoms with van der Waals surface area (Å²) in [6.45, 7) is 0. The van der Waals surface area contributed by atoms with Gasteiger partial charge in [-0.1, -0.05) is 0 Å². The molecule has 0 saturated carbocycles. The molecule has 0 aromatic heterocycles. The zero-order chi connectivity index (χ0) is 25.3. The average Bonchev–Trinajstić information content (AvgIpc) is 2.57. The SMILES string of the molecule is O=C(O)CC(O)(CC(=O)OC(=O)CCC(=O)OC(=O)CC(O)(CC(=O)O)C(=O)O)C(=O)O.[NaH].[NaH]. The van der Waals surface area contributed by atoms with E-state index in [1.807, 2.05) is 0 Å². The molecule has 0 spiro atoms. The van der Waals surface area contributed by atoms with E-state index in [-0.39, 0.29) is 59.1 Å². The van der Waals surface area contributed by atoms with E-state index in [2.05, 4.69) is 9.47 Å². The molecule has 0 radical (unpaired) electrons. The minimum absolute atomic E-state index is 0. The van der Waals surface area contributed by atoms with E-state index < -0.39 is 97.5 Å². The number of ether oxygens (including phenoxy) is 2. The van der Waals surface area contributed by atoms with Crippen molar-refractivity contribution in [2.75, 3.05) is 0 Å². The third-order valence-electron chi connectivity index (χ3n) is 3.55. The van der Waals surface area contributed by atoms with Crippen molar-refractivity contribution in [3.05, 3.63) is 0 Å². The third kappa shape index (κ3) is 13.7. The zero-order valence-electron chi connectivity index (χ0n) is 16.0. The van der Waals surface area contributed by atoms with Gasteiger partial charge in [0.05, 0.1) is 38.5 Å². The van der Waals surface area contributed by atoms with Gasteiger partial charge >= 0.3 is 107 Å². The number of aliphatic carboxylic acids is 4. The van der Waals surface area contributed by atoms with Crippen molar-refractivity contribution in [3.8, 4) is 0 Å². The third-order valence-corrected chi connectivity index (χ3v) is 3.55. The Labute approximate surface area is 233 Å². The van der Waals surface area contributed by atoms with E-state index in [0.717, 1.165) is 0 Å². The molecule has 0 aromatic rings. The number of esters is 4. The summed E-state index contributed by atoms with van der Waals surface area (Å²) in [5.41, 5.74) is -6.13. The van der Waals surface area contributed by atoms with Gasteiger partial charge in [-0.2, -0.15) is 0 Å². The van der Waals surface area contributed by atoms with Crippen molar-refractivity contribution < 1.29 is 78.5 Å². The van der Waals surface area contributed by atoms with E-state index >= 15 is 0 Å². The predicted molar refractivity (Wildman–Crippen MR) is 105 cm³/mol. The van der Waals surface area contributed by atoms with Crippen molar-refractivity contribution in [1.82, 2.24) is 0 Å². The first-order valence-corrected chi connectivity index (χ1v) is 8.33. The molecule has 0 heterocycles. The number of carbonyl (C=O) groups excluding carboxylic acids is 4. The molecule has 182 valence electrons. The van der Waals surface area contributed by atoms with Crippen LogP contribution in [-0.2, 0) is 47.8 Å². The van der Waals surface area contributed by atoms with Crippen molar-refractivity contribution in [3.63, 3.8) is 0 Å². The maximum absolute atomic E-state index is 11.5. The Morgan fingerprint density at radius 2 is 0.765 bits per heavy atom. The number of carboxylic acid groups (broad SMARTS) is 4. The Balaban J connectivity index is -0.00000480. The number of rotatable bonds is 13. The van der Waals surface area contributed by atoms with Gasteiger partial charge in [0.2, 0.25) is 0 Å². The van der Waals surface area contributed by atoms with Crippen molar-refractivity contribution in [2.24, 2.45) is 0 Å². The summed E-state index contributed by atoms with van der Waals surface area (Å²) < 4.78 is 8.24. The van der Waals surface area contributed by atoms with Gasteiger partial charge in [-0.15, -0.1) is 0 Å². The van der Waals surface area contributed by atoms with Crippen LogP contribution in [0.25, 0.3) is 0 Å². The van der Waals surface area contributed by atoms with Gasteiger partial charge in [0, 0.05) is 0 Å². The topological polar surface area (TPSA) is 276 Å². The summed E-state index contributed by atoms with van der Waals surface area (Å²) in [5.74, 6) is -13.8. The second kappa shape index (κ2) is 15.9. The number of carbonyl (C=O) groups is 8. The number of hydrogen-bond donors (Lipinski definition) is 6. The second-order valence-corrected chi connectivity index (χ2v) is 6.36. The van der Waals surface area contributed by atoms with E-state index in [0.29, 0.717) is 0 Å². The molecule has 18 heteroatoms. The van der Waals surface area contributed by atoms with Crippen LogP contribution in [0.3, 0.4) is 0 Å². The molecule has 2 atom stereocenters. The van der Waals surface area contributed by atoms with Crippen molar-refractivity contribution in [1.29, 1.82) is 0 Å². The molecule has 0 bridgehead atoms. The van der Waals surface area contributed by atoms with Crippen LogP contribution in [0, 0.1) is 0 Å². The fourth-order valence-electron chi connectivity index (χ4n) is 2.04. The van der Waals surface area contributed by atoms with Gasteiger partial charge in [0.15, 0.2) is 11.2 Å². The molecule has 0 aliphatic rings. The summed E-state index contributed by atoms with van der Waals surface area (Å²) in [6.07, 6.45) is -7.43. The maximum atomic E-state index is 11.5. The molecular formula is C16H20Na2O16. The Kier molecular flexibility index (Phi) is 17.1. The van der Waals surface area contributed by atoms with Gasteiger partial charge in [-0.05, 0) is 0 Å². The summed E-state index contributed by atoms with van der Waals surface area (Å²) >= 11 is 0. The van der Waals surface area contributed by atoms with Crippen LogP contribution in [0.1, 0.15) is 38.5 Å². The Hall–Kier alpha value is -1.92. The molecule has 6 N–H and O–H groups in total. The molecule has 16 nitrogen and oxygen atoms in total. The zero-order valence-corrected chi connectivity index (χ0v) is 16.0. The van der Waals surface area contributed by atoms with Crippen LogP contribution in [0.4, 0.5) is 0 Å². The standard InChI is InChI=1S/C16H18O16.2Na.2H/c17-7(18)3-15(29,13(25)26)5-11(23)31-9(21)1-2-10(22)32-12(24)6-16(30,14(27)28)4-8(19)20;;;;/h29-30H,1-6H2,(H,17,18)(H,19,20)(H,25,26)(H,27,28);;;;. The fraction of sp³-hybridized carbons (Fsp3) is 0.500. The second-order valence-electron chi connectivity index (χ2n) is 6.36. The van der Waals surface area contributed by atoms with Gasteiger partial charge in [-0.3, -0.25) is 28.8 Å². The monoisotopic (exact) mass is 514 g/mol. The van der Waals surface area contributed by atoms with E-state index in [1.165, 1.54) is 0 Å². The van der Waals surface area contributed by atoms with Crippen LogP contribution in [-0.4, -0.2) is 149 Å². The molecule has 0 amide bonds. The first-order valence-electron chi connectivity index (χ1n) is 8.33. The van der Waals surface area contributed by atoms with Crippen LogP contribution in [0.15, 0.2) is 0 Å². The Bertz CT molecular complexity index is 771. The number of aliphatic hydroxyl groups is 2. The minimum atomic E-state index is -3.06. The molecule has 34 heavy (non-hydrogen) atoms. The van der Waals surface area contributed by atoms with E-state index in [1.54, 1.807) is 0 Å². The van der Waals surface area contributed by atoms with Crippen LogP contribution >= 0.6 is 0 Å². The molecule has 0 rings (SSSR count). The molecule has 0 fully saturated rings. The summed E-state index contributed by atoms with van der Waals surface area (Å²) in [6, 6.07) is 0. The molecular weight excluding hydrogens is 494 g/mol. The normalized spacial score (nSPS) is 13.4. The summed E-state index contributed by atoms with van der Waals surface area (Å²) in [5, 5.41) is 54.0. The van der Waals surface area contributed by atoms with Crippen LogP contribution in [0.5, 0.6) is 0 Å². The van der Waals surface area contributed by atoms with Crippen LogP contribution < -0.4 is 0 Å². The van der Waals surface area contributed by atoms with E-state index in [9.17, 15) is 48.6 Å². The predicted octanol–water partition coefficient (Wildman–Crippen LogP) is -4.03. The Morgan fingerprint density at radius 1 is 0.500 bits per heavy atom. The van der Waals surface area contributed by atoms with Gasteiger partial charge in [0.1, 0.15) is 0 Å². The molecule has 0 saturated heterocycles. The first-order chi connectivity index (χ1) is 14.5. The summed E-state index contributed by atoms with van der Waals surface area (Å²) in [4.78, 5) is 89.0. The Morgan fingerprint density at radius 3 is 0.971 bits per heavy atom. The average molecular weight is 514 g/mol. The molecule has 2 unspecified atom stereocenters. The quantitative estimate of drug-likeness (QED) is 0.0775.